The van der Waals surface area contributed by atoms with Gasteiger partial charge in [0.2, 0.25) is 0 Å². The maximum Gasteiger partial charge on any atom is 0.298 e. The van der Waals surface area contributed by atoms with Crippen LogP contribution in [0.25, 0.3) is 0 Å². The molecule has 1 aromatic rings. The minimum Gasteiger partial charge on any atom is -0.323 e. The highest BCUT2D eigenvalue weighted by molar-refractivity contribution is 5.94. The molecule has 0 saturated heterocycles. The number of carbonyl (C=O) groups is 2. The van der Waals surface area contributed by atoms with E-state index in [0.29, 0.717) is 31.7 Å². The number of imidazole rings is 1. The maximum absolute atomic E-state index is 11.8. The van der Waals surface area contributed by atoms with Crippen LogP contribution in [-0.2, 0) is 17.9 Å². The zero-order valence-electron chi connectivity index (χ0n) is 10.6. The highest BCUT2D eigenvalue weighted by atomic mass is 16.2. The van der Waals surface area contributed by atoms with Gasteiger partial charge in [-0.2, -0.15) is 0 Å². The monoisotopic (exact) mass is 245 g/mol. The number of Topliss-reactive ketones (excluding diaryl/α,β-unsaturated/α-hetero) is 1. The summed E-state index contributed by atoms with van der Waals surface area (Å²) in [6.07, 6.45) is 2.24. The lowest BCUT2D eigenvalue weighted by Crippen LogP contribution is -2.38. The molecular formula is C13H15N3O2. The van der Waals surface area contributed by atoms with Crippen LogP contribution in [-0.4, -0.2) is 32.7 Å². The van der Waals surface area contributed by atoms with E-state index in [9.17, 15) is 9.59 Å². The maximum atomic E-state index is 11.8. The van der Waals surface area contributed by atoms with Crippen molar-refractivity contribution in [3.63, 3.8) is 0 Å². The lowest BCUT2D eigenvalue weighted by atomic mass is 10.3. The fourth-order valence-corrected chi connectivity index (χ4v) is 1.96. The van der Waals surface area contributed by atoms with Gasteiger partial charge >= 0.3 is 0 Å². The predicted molar refractivity (Wildman–Crippen MR) is 65.7 cm³/mol. The average molecular weight is 245 g/mol. The van der Waals surface area contributed by atoms with E-state index in [4.69, 9.17) is 0 Å². The Morgan fingerprint density at radius 1 is 1.44 bits per heavy atom. The summed E-state index contributed by atoms with van der Waals surface area (Å²) in [6.45, 7) is 5.02. The van der Waals surface area contributed by atoms with E-state index < -0.39 is 0 Å². The molecule has 0 bridgehead atoms. The van der Waals surface area contributed by atoms with Crippen molar-refractivity contribution >= 4 is 11.7 Å². The van der Waals surface area contributed by atoms with Crippen molar-refractivity contribution in [3.05, 3.63) is 17.7 Å². The molecule has 0 aromatic carbocycles. The van der Waals surface area contributed by atoms with Gasteiger partial charge in [0.05, 0.1) is 12.7 Å². The summed E-state index contributed by atoms with van der Waals surface area (Å²) in [5, 5.41) is 0. The molecule has 18 heavy (non-hydrogen) atoms. The van der Waals surface area contributed by atoms with Crippen molar-refractivity contribution in [3.8, 4) is 11.8 Å². The molecule has 0 saturated carbocycles. The number of aromatic nitrogens is 2. The number of hydrogen-bond donors (Lipinski definition) is 0. The molecule has 1 aliphatic heterocycles. The van der Waals surface area contributed by atoms with Crippen molar-refractivity contribution in [1.29, 1.82) is 0 Å². The second-order valence-electron chi connectivity index (χ2n) is 4.15. The van der Waals surface area contributed by atoms with E-state index in [0.717, 1.165) is 5.82 Å². The summed E-state index contributed by atoms with van der Waals surface area (Å²) >= 11 is 0. The van der Waals surface area contributed by atoms with Gasteiger partial charge in [0.1, 0.15) is 11.5 Å². The second-order valence-corrected chi connectivity index (χ2v) is 4.15. The first kappa shape index (κ1) is 12.4. The molecule has 5 nitrogen and oxygen atoms in total. The van der Waals surface area contributed by atoms with Gasteiger partial charge in [-0.15, -0.1) is 0 Å². The fourth-order valence-electron chi connectivity index (χ4n) is 1.96. The molecule has 0 atom stereocenters. The third-order valence-corrected chi connectivity index (χ3v) is 2.88. The number of fused-ring (bicyclic) bond motifs is 1. The summed E-state index contributed by atoms with van der Waals surface area (Å²) in [5.41, 5.74) is 0.608. The minimum atomic E-state index is -0.171. The van der Waals surface area contributed by atoms with Gasteiger partial charge < -0.3 is 9.47 Å². The van der Waals surface area contributed by atoms with Crippen molar-refractivity contribution in [2.75, 3.05) is 6.54 Å². The Morgan fingerprint density at radius 2 is 2.22 bits per heavy atom. The molecule has 0 fully saturated rings. The van der Waals surface area contributed by atoms with E-state index in [1.807, 2.05) is 11.5 Å². The SMILES string of the molecule is CCC#CC(=O)N1CCn2c(C(C)=O)cnc2C1. The van der Waals surface area contributed by atoms with E-state index in [1.165, 1.54) is 6.92 Å². The quantitative estimate of drug-likeness (QED) is 0.544. The summed E-state index contributed by atoms with van der Waals surface area (Å²) in [5.74, 6) is 5.94. The van der Waals surface area contributed by atoms with Crippen LogP contribution in [0.4, 0.5) is 0 Å². The van der Waals surface area contributed by atoms with Crippen LogP contribution in [0.1, 0.15) is 36.6 Å². The normalized spacial score (nSPS) is 13.6. The summed E-state index contributed by atoms with van der Waals surface area (Å²) in [6, 6.07) is 0. The molecule has 0 unspecified atom stereocenters. The van der Waals surface area contributed by atoms with Crippen molar-refractivity contribution in [2.24, 2.45) is 0 Å². The van der Waals surface area contributed by atoms with Crippen molar-refractivity contribution in [2.45, 2.75) is 33.4 Å². The zero-order chi connectivity index (χ0) is 13.1. The number of ketones is 1. The van der Waals surface area contributed by atoms with E-state index >= 15 is 0 Å². The smallest absolute Gasteiger partial charge is 0.298 e. The first-order valence-corrected chi connectivity index (χ1v) is 5.96. The molecule has 0 radical (unpaired) electrons. The van der Waals surface area contributed by atoms with Crippen LogP contribution in [0.15, 0.2) is 6.20 Å². The highest BCUT2D eigenvalue weighted by Gasteiger charge is 2.23. The average Bonchev–Trinajstić information content (AvgIpc) is 2.78. The Kier molecular flexibility index (Phi) is 3.47. The molecule has 2 heterocycles. The fraction of sp³-hybridized carbons (Fsp3) is 0.462. The van der Waals surface area contributed by atoms with Crippen molar-refractivity contribution < 1.29 is 9.59 Å². The number of amides is 1. The van der Waals surface area contributed by atoms with Crippen LogP contribution >= 0.6 is 0 Å². The van der Waals surface area contributed by atoms with Crippen LogP contribution in [0.5, 0.6) is 0 Å². The van der Waals surface area contributed by atoms with E-state index in [1.54, 1.807) is 11.1 Å². The topological polar surface area (TPSA) is 55.2 Å². The molecule has 1 aromatic heterocycles. The number of hydrogen-bond acceptors (Lipinski definition) is 3. The third kappa shape index (κ3) is 2.28. The predicted octanol–water partition coefficient (Wildman–Crippen LogP) is 0.841. The van der Waals surface area contributed by atoms with Gasteiger partial charge in [0.25, 0.3) is 5.91 Å². The van der Waals surface area contributed by atoms with Crippen molar-refractivity contribution in [1.82, 2.24) is 14.5 Å². The molecule has 0 spiro atoms. The van der Waals surface area contributed by atoms with Crippen LogP contribution in [0.3, 0.4) is 0 Å². The van der Waals surface area contributed by atoms with Crippen LogP contribution in [0, 0.1) is 11.8 Å². The Labute approximate surface area is 106 Å². The first-order valence-electron chi connectivity index (χ1n) is 5.96. The second kappa shape index (κ2) is 5.05. The molecular weight excluding hydrogens is 230 g/mol. The summed E-state index contributed by atoms with van der Waals surface area (Å²) < 4.78 is 1.87. The lowest BCUT2D eigenvalue weighted by molar-refractivity contribution is -0.126. The number of nitrogens with zero attached hydrogens (tertiary/aromatic N) is 3. The van der Waals surface area contributed by atoms with Gasteiger partial charge in [-0.1, -0.05) is 12.8 Å². The highest BCUT2D eigenvalue weighted by Crippen LogP contribution is 2.14. The molecule has 1 amide bonds. The van der Waals surface area contributed by atoms with Crippen LogP contribution in [0.2, 0.25) is 0 Å². The van der Waals surface area contributed by atoms with Gasteiger partial charge in [-0.3, -0.25) is 9.59 Å². The minimum absolute atomic E-state index is 0.000647. The molecule has 0 aliphatic carbocycles. The first-order chi connectivity index (χ1) is 8.63. The van der Waals surface area contributed by atoms with E-state index in [2.05, 4.69) is 16.8 Å². The third-order valence-electron chi connectivity index (χ3n) is 2.88. The molecule has 5 heteroatoms. The molecule has 0 N–H and O–H groups in total. The molecule has 2 rings (SSSR count). The van der Waals surface area contributed by atoms with Gasteiger partial charge in [0.15, 0.2) is 5.78 Å². The number of carbonyl (C=O) groups excluding carboxylic acids is 2. The summed E-state index contributed by atoms with van der Waals surface area (Å²) in [7, 11) is 0. The lowest BCUT2D eigenvalue weighted by Gasteiger charge is -2.26. The Bertz CT molecular complexity index is 548. The van der Waals surface area contributed by atoms with Crippen LogP contribution < -0.4 is 0 Å². The number of rotatable bonds is 1. The Morgan fingerprint density at radius 3 is 2.89 bits per heavy atom. The van der Waals surface area contributed by atoms with Gasteiger partial charge in [-0.05, 0) is 5.92 Å². The molecule has 94 valence electrons. The zero-order valence-corrected chi connectivity index (χ0v) is 10.6. The van der Waals surface area contributed by atoms with Gasteiger partial charge in [-0.25, -0.2) is 4.98 Å². The Hall–Kier alpha value is -2.09. The van der Waals surface area contributed by atoms with Gasteiger partial charge in [0, 0.05) is 26.4 Å². The summed E-state index contributed by atoms with van der Waals surface area (Å²) in [4.78, 5) is 29.0. The largest absolute Gasteiger partial charge is 0.323 e. The molecule has 1 aliphatic rings. The van der Waals surface area contributed by atoms with E-state index in [-0.39, 0.29) is 11.7 Å². The standard InChI is InChI=1S/C13H15N3O2/c1-3-4-5-13(18)15-6-7-16-11(10(2)17)8-14-12(16)9-15/h8H,3,6-7,9H2,1-2H3. The Balaban J connectivity index is 2.16.